The fourth-order valence-corrected chi connectivity index (χ4v) is 1.68. The molecule has 1 aromatic rings. The zero-order chi connectivity index (χ0) is 13.6. The molecule has 0 aliphatic rings. The number of hydrogen-bond donors (Lipinski definition) is 0. The molecule has 0 bridgehead atoms. The second kappa shape index (κ2) is 6.62. The maximum absolute atomic E-state index is 11.9. The third kappa shape index (κ3) is 5.39. The average Bonchev–Trinajstić information content (AvgIpc) is 2.72. The van der Waals surface area contributed by atoms with Crippen molar-refractivity contribution >= 4 is 17.7 Å². The molecule has 0 radical (unpaired) electrons. The van der Waals surface area contributed by atoms with Crippen LogP contribution in [0.2, 0.25) is 0 Å². The number of ether oxygens (including phenoxy) is 1. The summed E-state index contributed by atoms with van der Waals surface area (Å²) in [5.74, 6) is -0.855. The van der Waals surface area contributed by atoms with Gasteiger partial charge < -0.3 is 9.15 Å². The molecular weight excluding hydrogens is 273 g/mol. The first-order valence-corrected chi connectivity index (χ1v) is 6.11. The van der Waals surface area contributed by atoms with Crippen molar-refractivity contribution in [1.29, 1.82) is 0 Å². The molecular formula is C9H11F3N2O3S. The summed E-state index contributed by atoms with van der Waals surface area (Å²) in [5, 5.41) is 7.00. The molecule has 0 saturated heterocycles. The Morgan fingerprint density at radius 1 is 1.44 bits per heavy atom. The van der Waals surface area contributed by atoms with Gasteiger partial charge in [0.25, 0.3) is 5.22 Å². The van der Waals surface area contributed by atoms with E-state index < -0.39 is 18.6 Å². The Labute approximate surface area is 105 Å². The lowest BCUT2D eigenvalue weighted by Crippen LogP contribution is -2.06. The fourth-order valence-electron chi connectivity index (χ4n) is 0.976. The number of rotatable bonds is 6. The van der Waals surface area contributed by atoms with E-state index in [1.807, 2.05) is 0 Å². The van der Waals surface area contributed by atoms with Crippen LogP contribution in [0.4, 0.5) is 13.2 Å². The highest BCUT2D eigenvalue weighted by Crippen LogP contribution is 2.24. The van der Waals surface area contributed by atoms with Crippen molar-refractivity contribution < 1.29 is 27.1 Å². The average molecular weight is 284 g/mol. The second-order valence-corrected chi connectivity index (χ2v) is 4.21. The summed E-state index contributed by atoms with van der Waals surface area (Å²) in [6, 6.07) is 0. The molecule has 0 unspecified atom stereocenters. The molecule has 1 aromatic heterocycles. The van der Waals surface area contributed by atoms with E-state index in [1.54, 1.807) is 6.92 Å². The zero-order valence-electron chi connectivity index (χ0n) is 9.49. The van der Waals surface area contributed by atoms with E-state index in [0.717, 1.165) is 11.8 Å². The highest BCUT2D eigenvalue weighted by molar-refractivity contribution is 7.99. The van der Waals surface area contributed by atoms with Gasteiger partial charge in [0.05, 0.1) is 6.61 Å². The van der Waals surface area contributed by atoms with E-state index in [2.05, 4.69) is 14.9 Å². The molecule has 0 aliphatic carbocycles. The van der Waals surface area contributed by atoms with Gasteiger partial charge in [-0.25, -0.2) is 4.79 Å². The number of alkyl halides is 3. The molecule has 102 valence electrons. The van der Waals surface area contributed by atoms with E-state index in [-0.39, 0.29) is 29.9 Å². The molecule has 0 N–H and O–H groups in total. The Morgan fingerprint density at radius 2 is 2.17 bits per heavy atom. The van der Waals surface area contributed by atoms with Gasteiger partial charge in [-0.1, -0.05) is 16.9 Å². The van der Waals surface area contributed by atoms with Crippen LogP contribution in [0.5, 0.6) is 0 Å². The van der Waals surface area contributed by atoms with E-state index >= 15 is 0 Å². The third-order valence-electron chi connectivity index (χ3n) is 1.69. The number of halogens is 3. The summed E-state index contributed by atoms with van der Waals surface area (Å²) in [6.07, 6.45) is -5.07. The molecule has 0 aliphatic heterocycles. The quantitative estimate of drug-likeness (QED) is 0.454. The summed E-state index contributed by atoms with van der Waals surface area (Å²) in [6.45, 7) is 1.80. The van der Waals surface area contributed by atoms with Crippen molar-refractivity contribution in [2.75, 3.05) is 12.4 Å². The SMILES string of the molecule is CCOC(=O)c1nnc(SCCCC(F)(F)F)o1. The minimum absolute atomic E-state index is 0.0503. The topological polar surface area (TPSA) is 65.2 Å². The van der Waals surface area contributed by atoms with Crippen LogP contribution in [0.15, 0.2) is 9.64 Å². The summed E-state index contributed by atoms with van der Waals surface area (Å²) >= 11 is 0.969. The van der Waals surface area contributed by atoms with Gasteiger partial charge in [-0.2, -0.15) is 13.2 Å². The van der Waals surface area contributed by atoms with Gasteiger partial charge in [0.2, 0.25) is 0 Å². The van der Waals surface area contributed by atoms with Crippen LogP contribution in [0.25, 0.3) is 0 Å². The van der Waals surface area contributed by atoms with Gasteiger partial charge in [0.15, 0.2) is 0 Å². The van der Waals surface area contributed by atoms with Crippen LogP contribution in [-0.4, -0.2) is 34.7 Å². The molecule has 9 heteroatoms. The minimum Gasteiger partial charge on any atom is -0.459 e. The van der Waals surface area contributed by atoms with E-state index in [1.165, 1.54) is 0 Å². The van der Waals surface area contributed by atoms with Crippen molar-refractivity contribution in [2.45, 2.75) is 31.2 Å². The van der Waals surface area contributed by atoms with Crippen LogP contribution < -0.4 is 0 Å². The molecule has 0 spiro atoms. The first-order chi connectivity index (χ1) is 8.42. The first-order valence-electron chi connectivity index (χ1n) is 5.12. The van der Waals surface area contributed by atoms with E-state index in [4.69, 9.17) is 4.42 Å². The first kappa shape index (κ1) is 14.8. The van der Waals surface area contributed by atoms with Crippen LogP contribution in [-0.2, 0) is 4.74 Å². The number of thioether (sulfide) groups is 1. The minimum atomic E-state index is -4.16. The highest BCUT2D eigenvalue weighted by Gasteiger charge is 2.26. The Morgan fingerprint density at radius 3 is 2.78 bits per heavy atom. The maximum Gasteiger partial charge on any atom is 0.396 e. The molecule has 0 amide bonds. The van der Waals surface area contributed by atoms with Crippen molar-refractivity contribution in [3.63, 3.8) is 0 Å². The van der Waals surface area contributed by atoms with Crippen LogP contribution in [0.3, 0.4) is 0 Å². The van der Waals surface area contributed by atoms with Gasteiger partial charge in [-0.3, -0.25) is 0 Å². The number of esters is 1. The van der Waals surface area contributed by atoms with Gasteiger partial charge in [-0.15, -0.1) is 5.10 Å². The largest absolute Gasteiger partial charge is 0.459 e. The zero-order valence-corrected chi connectivity index (χ0v) is 10.3. The van der Waals surface area contributed by atoms with Gasteiger partial charge in [0.1, 0.15) is 0 Å². The van der Waals surface area contributed by atoms with Crippen molar-refractivity contribution in [1.82, 2.24) is 10.2 Å². The predicted molar refractivity (Wildman–Crippen MR) is 56.3 cm³/mol. The lowest BCUT2D eigenvalue weighted by Gasteiger charge is -2.03. The summed E-state index contributed by atoms with van der Waals surface area (Å²) < 4.78 is 45.1. The van der Waals surface area contributed by atoms with Crippen LogP contribution >= 0.6 is 11.8 Å². The van der Waals surface area contributed by atoms with Crippen molar-refractivity contribution in [3.05, 3.63) is 5.89 Å². The highest BCUT2D eigenvalue weighted by atomic mass is 32.2. The van der Waals surface area contributed by atoms with Crippen LogP contribution in [0.1, 0.15) is 30.5 Å². The van der Waals surface area contributed by atoms with Crippen LogP contribution in [0, 0.1) is 0 Å². The fraction of sp³-hybridized carbons (Fsp3) is 0.667. The maximum atomic E-state index is 11.9. The normalized spacial score (nSPS) is 11.6. The lowest BCUT2D eigenvalue weighted by molar-refractivity contribution is -0.134. The summed E-state index contributed by atoms with van der Waals surface area (Å²) in [7, 11) is 0. The molecule has 0 atom stereocenters. The molecule has 1 rings (SSSR count). The Balaban J connectivity index is 2.33. The van der Waals surface area contributed by atoms with Gasteiger partial charge >= 0.3 is 18.0 Å². The molecule has 0 aromatic carbocycles. The lowest BCUT2D eigenvalue weighted by atomic mass is 10.3. The molecule has 0 saturated carbocycles. The monoisotopic (exact) mass is 284 g/mol. The standard InChI is InChI=1S/C9H11F3N2O3S/c1-2-16-7(15)6-13-14-8(17-6)18-5-3-4-9(10,11)12/h2-5H2,1H3. The third-order valence-corrected chi connectivity index (χ3v) is 2.59. The number of nitrogens with zero attached hydrogens (tertiary/aromatic N) is 2. The molecule has 5 nitrogen and oxygen atoms in total. The second-order valence-electron chi connectivity index (χ2n) is 3.16. The van der Waals surface area contributed by atoms with Gasteiger partial charge in [-0.05, 0) is 13.3 Å². The van der Waals surface area contributed by atoms with Gasteiger partial charge in [0, 0.05) is 12.2 Å². The van der Waals surface area contributed by atoms with Crippen molar-refractivity contribution in [3.8, 4) is 0 Å². The Kier molecular flexibility index (Phi) is 5.45. The summed E-state index contributed by atoms with van der Waals surface area (Å²) in [4.78, 5) is 11.1. The smallest absolute Gasteiger partial charge is 0.396 e. The van der Waals surface area contributed by atoms with E-state index in [9.17, 15) is 18.0 Å². The number of aromatic nitrogens is 2. The number of hydrogen-bond acceptors (Lipinski definition) is 6. The Hall–Kier alpha value is -1.25. The molecule has 1 heterocycles. The van der Waals surface area contributed by atoms with Crippen molar-refractivity contribution in [2.24, 2.45) is 0 Å². The van der Waals surface area contributed by atoms with E-state index in [0.29, 0.717) is 0 Å². The summed E-state index contributed by atoms with van der Waals surface area (Å²) in [5.41, 5.74) is 0. The number of carbonyl (C=O) groups excluding carboxylic acids is 1. The Bertz CT molecular complexity index is 395. The molecule has 18 heavy (non-hydrogen) atoms. The predicted octanol–water partition coefficient (Wildman–Crippen LogP) is 2.68. The number of carbonyl (C=O) groups is 1. The molecule has 0 fully saturated rings.